The molecule has 1 fully saturated rings. The number of aromatic carboxylic acids is 1. The van der Waals surface area contributed by atoms with Crippen molar-refractivity contribution in [1.29, 1.82) is 0 Å². The molecule has 0 radical (unpaired) electrons. The predicted molar refractivity (Wildman–Crippen MR) is 76.0 cm³/mol. The first-order chi connectivity index (χ1) is 9.06. The Morgan fingerprint density at radius 2 is 2.11 bits per heavy atom. The molecule has 1 aliphatic rings. The average Bonchev–Trinajstić information content (AvgIpc) is 3.11. The molecule has 98 valence electrons. The molecule has 0 atom stereocenters. The van der Waals surface area contributed by atoms with Gasteiger partial charge in [-0.25, -0.2) is 9.78 Å². The molecule has 1 heterocycles. The Morgan fingerprint density at radius 3 is 2.74 bits per heavy atom. The number of carboxylic acid groups (broad SMARTS) is 1. The Morgan fingerprint density at radius 1 is 1.37 bits per heavy atom. The van der Waals surface area contributed by atoms with Crippen molar-refractivity contribution in [1.82, 2.24) is 4.98 Å². The van der Waals surface area contributed by atoms with Gasteiger partial charge in [0, 0.05) is 11.5 Å². The van der Waals surface area contributed by atoms with E-state index in [-0.39, 0.29) is 0 Å². The minimum absolute atomic E-state index is 0.362. The first-order valence-corrected chi connectivity index (χ1v) is 7.19. The van der Waals surface area contributed by atoms with Gasteiger partial charge in [-0.2, -0.15) is 0 Å². The molecule has 4 heteroatoms. The summed E-state index contributed by atoms with van der Waals surface area (Å²) in [6, 6.07) is 6.20. The summed E-state index contributed by atoms with van der Waals surface area (Å²) in [5.74, 6) is -0.489. The molecule has 0 spiro atoms. The normalized spacial score (nSPS) is 14.6. The van der Waals surface area contributed by atoms with Crippen LogP contribution in [0, 0.1) is 13.8 Å². The van der Waals surface area contributed by atoms with E-state index in [2.05, 4.69) is 23.2 Å². The molecule has 1 aromatic carbocycles. The monoisotopic (exact) mass is 273 g/mol. The molecule has 1 aliphatic carbocycles. The van der Waals surface area contributed by atoms with Crippen LogP contribution in [0.25, 0.3) is 10.6 Å². The van der Waals surface area contributed by atoms with Gasteiger partial charge in [0.25, 0.3) is 0 Å². The second-order valence-electron chi connectivity index (χ2n) is 5.13. The van der Waals surface area contributed by atoms with Crippen molar-refractivity contribution in [3.63, 3.8) is 0 Å². The maximum Gasteiger partial charge on any atom is 0.347 e. The number of aryl methyl sites for hydroxylation is 2. The number of carbonyl (C=O) groups is 1. The smallest absolute Gasteiger partial charge is 0.347 e. The Labute approximate surface area is 115 Å². The van der Waals surface area contributed by atoms with Crippen molar-refractivity contribution in [3.8, 4) is 10.6 Å². The lowest BCUT2D eigenvalue weighted by molar-refractivity contribution is 0.0700. The van der Waals surface area contributed by atoms with E-state index in [1.54, 1.807) is 0 Å². The van der Waals surface area contributed by atoms with E-state index in [0.717, 1.165) is 34.7 Å². The quantitative estimate of drug-likeness (QED) is 0.919. The van der Waals surface area contributed by atoms with Gasteiger partial charge in [0.2, 0.25) is 0 Å². The molecular weight excluding hydrogens is 258 g/mol. The van der Waals surface area contributed by atoms with Gasteiger partial charge in [0.1, 0.15) is 9.88 Å². The lowest BCUT2D eigenvalue weighted by Crippen LogP contribution is -1.97. The standard InChI is InChI=1S/C15H15NO2S/c1-8-3-4-9(2)11(7-8)14-16-12(10-5-6-10)13(19-14)15(17)18/h3-4,7,10H,5-6H2,1-2H3,(H,17,18). The molecule has 0 aliphatic heterocycles. The van der Waals surface area contributed by atoms with Gasteiger partial charge in [-0.15, -0.1) is 11.3 Å². The third kappa shape index (κ3) is 2.28. The van der Waals surface area contributed by atoms with Crippen molar-refractivity contribution in [2.24, 2.45) is 0 Å². The molecule has 3 nitrogen and oxygen atoms in total. The van der Waals surface area contributed by atoms with Gasteiger partial charge in [-0.05, 0) is 38.3 Å². The summed E-state index contributed by atoms with van der Waals surface area (Å²) in [6.07, 6.45) is 2.13. The highest BCUT2D eigenvalue weighted by Gasteiger charge is 2.32. The SMILES string of the molecule is Cc1ccc(C)c(-c2nc(C3CC3)c(C(=O)O)s2)c1. The van der Waals surface area contributed by atoms with E-state index >= 15 is 0 Å². The largest absolute Gasteiger partial charge is 0.477 e. The maximum absolute atomic E-state index is 11.3. The third-order valence-electron chi connectivity index (χ3n) is 3.44. The fourth-order valence-electron chi connectivity index (χ4n) is 2.20. The molecule has 1 aromatic heterocycles. The highest BCUT2D eigenvalue weighted by atomic mass is 32.1. The average molecular weight is 273 g/mol. The Bertz CT molecular complexity index is 656. The van der Waals surface area contributed by atoms with Crippen LogP contribution in [0.3, 0.4) is 0 Å². The summed E-state index contributed by atoms with van der Waals surface area (Å²) >= 11 is 1.30. The summed E-state index contributed by atoms with van der Waals surface area (Å²) < 4.78 is 0. The predicted octanol–water partition coefficient (Wildman–Crippen LogP) is 4.00. The number of thiazole rings is 1. The highest BCUT2D eigenvalue weighted by Crippen LogP contribution is 2.44. The van der Waals surface area contributed by atoms with Crippen molar-refractivity contribution < 1.29 is 9.90 Å². The van der Waals surface area contributed by atoms with Gasteiger partial charge in [-0.1, -0.05) is 17.7 Å². The topological polar surface area (TPSA) is 50.2 Å². The molecule has 1 N–H and O–H groups in total. The summed E-state index contributed by atoms with van der Waals surface area (Å²) in [6.45, 7) is 4.07. The van der Waals surface area contributed by atoms with E-state index < -0.39 is 5.97 Å². The van der Waals surface area contributed by atoms with Gasteiger partial charge < -0.3 is 5.11 Å². The number of carboxylic acids is 1. The van der Waals surface area contributed by atoms with Crippen LogP contribution in [0.5, 0.6) is 0 Å². The van der Waals surface area contributed by atoms with Crippen LogP contribution in [-0.2, 0) is 0 Å². The van der Waals surface area contributed by atoms with Crippen molar-refractivity contribution in [2.75, 3.05) is 0 Å². The molecule has 0 amide bonds. The van der Waals surface area contributed by atoms with E-state index in [0.29, 0.717) is 10.8 Å². The number of rotatable bonds is 3. The van der Waals surface area contributed by atoms with Gasteiger partial charge in [-0.3, -0.25) is 0 Å². The Balaban J connectivity index is 2.12. The fourth-order valence-corrected chi connectivity index (χ4v) is 3.27. The molecule has 3 rings (SSSR count). The first kappa shape index (κ1) is 12.4. The van der Waals surface area contributed by atoms with E-state index in [9.17, 15) is 9.90 Å². The molecule has 0 saturated heterocycles. The zero-order valence-corrected chi connectivity index (χ0v) is 11.8. The van der Waals surface area contributed by atoms with Gasteiger partial charge >= 0.3 is 5.97 Å². The summed E-state index contributed by atoms with van der Waals surface area (Å²) in [5.41, 5.74) is 4.15. The van der Waals surface area contributed by atoms with E-state index in [4.69, 9.17) is 0 Å². The second kappa shape index (κ2) is 4.46. The van der Waals surface area contributed by atoms with Crippen LogP contribution in [0.4, 0.5) is 0 Å². The minimum Gasteiger partial charge on any atom is -0.477 e. The molecular formula is C15H15NO2S. The van der Waals surface area contributed by atoms with E-state index in [1.807, 2.05) is 13.8 Å². The maximum atomic E-state index is 11.3. The number of nitrogens with zero attached hydrogens (tertiary/aromatic N) is 1. The first-order valence-electron chi connectivity index (χ1n) is 6.38. The summed E-state index contributed by atoms with van der Waals surface area (Å²) in [5, 5.41) is 10.1. The van der Waals surface area contributed by atoms with Crippen molar-refractivity contribution in [2.45, 2.75) is 32.6 Å². The Hall–Kier alpha value is -1.68. The molecule has 1 saturated carbocycles. The van der Waals surface area contributed by atoms with Gasteiger partial charge in [0.05, 0.1) is 5.69 Å². The summed E-state index contributed by atoms with van der Waals surface area (Å²) in [4.78, 5) is 16.3. The lowest BCUT2D eigenvalue weighted by atomic mass is 10.1. The number of hydrogen-bond donors (Lipinski definition) is 1. The zero-order valence-electron chi connectivity index (χ0n) is 10.9. The molecule has 0 bridgehead atoms. The number of aromatic nitrogens is 1. The third-order valence-corrected chi connectivity index (χ3v) is 4.53. The second-order valence-corrected chi connectivity index (χ2v) is 6.13. The molecule has 2 aromatic rings. The fraction of sp³-hybridized carbons (Fsp3) is 0.333. The number of benzene rings is 1. The van der Waals surface area contributed by atoms with Gasteiger partial charge in [0.15, 0.2) is 0 Å². The van der Waals surface area contributed by atoms with E-state index in [1.165, 1.54) is 16.9 Å². The van der Waals surface area contributed by atoms with Crippen LogP contribution in [-0.4, -0.2) is 16.1 Å². The van der Waals surface area contributed by atoms with Crippen molar-refractivity contribution >= 4 is 17.3 Å². The lowest BCUT2D eigenvalue weighted by Gasteiger charge is -2.03. The van der Waals surface area contributed by atoms with Crippen LogP contribution in [0.2, 0.25) is 0 Å². The highest BCUT2D eigenvalue weighted by molar-refractivity contribution is 7.17. The number of hydrogen-bond acceptors (Lipinski definition) is 3. The van der Waals surface area contributed by atoms with Crippen molar-refractivity contribution in [3.05, 3.63) is 39.9 Å². The van der Waals surface area contributed by atoms with Crippen LogP contribution in [0.1, 0.15) is 45.3 Å². The zero-order chi connectivity index (χ0) is 13.6. The van der Waals surface area contributed by atoms with Crippen LogP contribution < -0.4 is 0 Å². The molecule has 19 heavy (non-hydrogen) atoms. The minimum atomic E-state index is -0.851. The van der Waals surface area contributed by atoms with Crippen LogP contribution >= 0.6 is 11.3 Å². The van der Waals surface area contributed by atoms with Crippen LogP contribution in [0.15, 0.2) is 18.2 Å². The Kier molecular flexibility index (Phi) is 2.90. The molecule has 0 unspecified atom stereocenters. The summed E-state index contributed by atoms with van der Waals surface area (Å²) in [7, 11) is 0.